The third kappa shape index (κ3) is 3.12. The summed E-state index contributed by atoms with van der Waals surface area (Å²) in [5, 5.41) is 1.01. The van der Waals surface area contributed by atoms with Crippen molar-refractivity contribution < 1.29 is 4.79 Å². The predicted molar refractivity (Wildman–Crippen MR) is 68.2 cm³/mol. The Morgan fingerprint density at radius 2 is 1.94 bits per heavy atom. The zero-order valence-corrected chi connectivity index (χ0v) is 11.7. The molecule has 90 valence electrons. The predicted octanol–water partition coefficient (Wildman–Crippen LogP) is 2.70. The minimum atomic E-state index is -0.0674. The normalized spacial score (nSPS) is 12.2. The molecule has 0 radical (unpaired) electrons. The zero-order valence-electron chi connectivity index (χ0n) is 10.9. The highest BCUT2D eigenvalue weighted by Gasteiger charge is 2.25. The van der Waals surface area contributed by atoms with Gasteiger partial charge in [-0.05, 0) is 14.1 Å². The summed E-state index contributed by atoms with van der Waals surface area (Å²) in [6.07, 6.45) is 0. The average molecular weight is 240 g/mol. The van der Waals surface area contributed by atoms with Crippen LogP contribution in [0.4, 0.5) is 0 Å². The molecule has 0 saturated heterocycles. The zero-order chi connectivity index (χ0) is 12.5. The highest BCUT2D eigenvalue weighted by molar-refractivity contribution is 7.13. The van der Waals surface area contributed by atoms with Crippen LogP contribution in [0.1, 0.15) is 48.1 Å². The Bertz CT molecular complexity index is 388. The maximum absolute atomic E-state index is 11.6. The molecule has 1 aromatic heterocycles. The molecular formula is C12H20N2OS. The SMILES string of the molecule is CC(=O)c1sc(CN(C)C)nc1C(C)(C)C. The van der Waals surface area contributed by atoms with Crippen molar-refractivity contribution in [2.45, 2.75) is 39.7 Å². The Balaban J connectivity index is 3.16. The summed E-state index contributed by atoms with van der Waals surface area (Å²) in [5.74, 6) is 0.118. The number of aromatic nitrogens is 1. The second kappa shape index (κ2) is 4.63. The van der Waals surface area contributed by atoms with Crippen molar-refractivity contribution in [1.82, 2.24) is 9.88 Å². The van der Waals surface area contributed by atoms with Crippen LogP contribution in [0.3, 0.4) is 0 Å². The second-order valence-corrected chi connectivity index (χ2v) is 6.41. The molecule has 0 spiro atoms. The molecule has 0 bridgehead atoms. The van der Waals surface area contributed by atoms with Crippen LogP contribution in [-0.4, -0.2) is 29.8 Å². The van der Waals surface area contributed by atoms with Crippen LogP contribution in [0.2, 0.25) is 0 Å². The van der Waals surface area contributed by atoms with Crippen LogP contribution in [0.5, 0.6) is 0 Å². The maximum Gasteiger partial charge on any atom is 0.171 e. The van der Waals surface area contributed by atoms with Gasteiger partial charge >= 0.3 is 0 Å². The molecule has 1 aromatic rings. The van der Waals surface area contributed by atoms with Gasteiger partial charge in [-0.25, -0.2) is 4.98 Å². The second-order valence-electron chi connectivity index (χ2n) is 5.33. The Labute approximate surface area is 101 Å². The molecule has 0 aliphatic rings. The quantitative estimate of drug-likeness (QED) is 0.762. The average Bonchev–Trinajstić information content (AvgIpc) is 2.45. The van der Waals surface area contributed by atoms with Crippen molar-refractivity contribution >= 4 is 17.1 Å². The fraction of sp³-hybridized carbons (Fsp3) is 0.667. The van der Waals surface area contributed by atoms with E-state index in [1.165, 1.54) is 11.3 Å². The lowest BCUT2D eigenvalue weighted by molar-refractivity contribution is 0.101. The van der Waals surface area contributed by atoms with Gasteiger partial charge in [0.25, 0.3) is 0 Å². The highest BCUT2D eigenvalue weighted by atomic mass is 32.1. The summed E-state index contributed by atoms with van der Waals surface area (Å²) >= 11 is 1.52. The number of ketones is 1. The van der Waals surface area contributed by atoms with Gasteiger partial charge in [0.2, 0.25) is 0 Å². The number of carbonyl (C=O) groups is 1. The summed E-state index contributed by atoms with van der Waals surface area (Å²) in [4.78, 5) is 19.0. The van der Waals surface area contributed by atoms with Crippen LogP contribution in [-0.2, 0) is 12.0 Å². The summed E-state index contributed by atoms with van der Waals surface area (Å²) in [7, 11) is 4.01. The van der Waals surface area contributed by atoms with Crippen molar-refractivity contribution in [2.75, 3.05) is 14.1 Å². The van der Waals surface area contributed by atoms with Crippen LogP contribution in [0.25, 0.3) is 0 Å². The maximum atomic E-state index is 11.6. The largest absolute Gasteiger partial charge is 0.303 e. The number of hydrogen-bond donors (Lipinski definition) is 0. The Morgan fingerprint density at radius 3 is 2.25 bits per heavy atom. The van der Waals surface area contributed by atoms with E-state index >= 15 is 0 Å². The van der Waals surface area contributed by atoms with Crippen LogP contribution < -0.4 is 0 Å². The molecule has 0 saturated carbocycles. The van der Waals surface area contributed by atoms with Gasteiger partial charge in [-0.2, -0.15) is 0 Å². The first-order chi connectivity index (χ1) is 7.21. The molecule has 0 N–H and O–H groups in total. The molecule has 1 rings (SSSR count). The van der Waals surface area contributed by atoms with E-state index in [1.807, 2.05) is 14.1 Å². The summed E-state index contributed by atoms with van der Waals surface area (Å²) in [5.41, 5.74) is 0.865. The topological polar surface area (TPSA) is 33.2 Å². The van der Waals surface area contributed by atoms with Crippen molar-refractivity contribution in [1.29, 1.82) is 0 Å². The van der Waals surface area contributed by atoms with Gasteiger partial charge < -0.3 is 4.90 Å². The Morgan fingerprint density at radius 1 is 1.38 bits per heavy atom. The minimum absolute atomic E-state index is 0.0674. The number of Topliss-reactive ketones (excluding diaryl/α,β-unsaturated/α-hetero) is 1. The lowest BCUT2D eigenvalue weighted by Crippen LogP contribution is -2.16. The molecule has 0 unspecified atom stereocenters. The molecule has 1 heterocycles. The summed E-state index contributed by atoms with van der Waals surface area (Å²) in [6.45, 7) is 8.68. The van der Waals surface area contributed by atoms with E-state index < -0.39 is 0 Å². The molecular weight excluding hydrogens is 220 g/mol. The standard InChI is InChI=1S/C12H20N2OS/c1-8(15)10-11(12(2,3)4)13-9(16-10)7-14(5)6/h7H2,1-6H3. The first-order valence-electron chi connectivity index (χ1n) is 5.37. The first kappa shape index (κ1) is 13.3. The van der Waals surface area contributed by atoms with Gasteiger partial charge in [0.05, 0.1) is 10.6 Å². The first-order valence-corrected chi connectivity index (χ1v) is 6.19. The summed E-state index contributed by atoms with van der Waals surface area (Å²) in [6, 6.07) is 0. The fourth-order valence-corrected chi connectivity index (χ4v) is 2.74. The van der Waals surface area contributed by atoms with Crippen LogP contribution >= 0.6 is 11.3 Å². The third-order valence-corrected chi connectivity index (χ3v) is 3.29. The number of carbonyl (C=O) groups excluding carboxylic acids is 1. The lowest BCUT2D eigenvalue weighted by atomic mass is 9.91. The number of rotatable bonds is 3. The molecule has 0 fully saturated rings. The van der Waals surface area contributed by atoms with Gasteiger partial charge in [0, 0.05) is 18.9 Å². The van der Waals surface area contributed by atoms with E-state index in [1.54, 1.807) is 6.92 Å². The Hall–Kier alpha value is -0.740. The van der Waals surface area contributed by atoms with E-state index in [4.69, 9.17) is 0 Å². The van der Waals surface area contributed by atoms with E-state index in [0.717, 1.165) is 22.1 Å². The van der Waals surface area contributed by atoms with E-state index in [0.29, 0.717) is 0 Å². The van der Waals surface area contributed by atoms with Gasteiger partial charge in [-0.15, -0.1) is 11.3 Å². The van der Waals surface area contributed by atoms with E-state index in [2.05, 4.69) is 30.7 Å². The van der Waals surface area contributed by atoms with Gasteiger partial charge in [0.1, 0.15) is 5.01 Å². The Kier molecular flexibility index (Phi) is 3.86. The monoisotopic (exact) mass is 240 g/mol. The minimum Gasteiger partial charge on any atom is -0.303 e. The van der Waals surface area contributed by atoms with Crippen LogP contribution in [0, 0.1) is 0 Å². The highest BCUT2D eigenvalue weighted by Crippen LogP contribution is 2.30. The van der Waals surface area contributed by atoms with E-state index in [-0.39, 0.29) is 11.2 Å². The van der Waals surface area contributed by atoms with Gasteiger partial charge in [0.15, 0.2) is 5.78 Å². The van der Waals surface area contributed by atoms with Gasteiger partial charge in [-0.3, -0.25) is 4.79 Å². The molecule has 0 aliphatic carbocycles. The molecule has 0 atom stereocenters. The number of thiazole rings is 1. The molecule has 0 aliphatic heterocycles. The molecule has 3 nitrogen and oxygen atoms in total. The smallest absolute Gasteiger partial charge is 0.171 e. The van der Waals surface area contributed by atoms with Crippen molar-refractivity contribution in [3.8, 4) is 0 Å². The third-order valence-electron chi connectivity index (χ3n) is 2.15. The van der Waals surface area contributed by atoms with Crippen LogP contribution in [0.15, 0.2) is 0 Å². The fourth-order valence-electron chi connectivity index (χ4n) is 1.45. The molecule has 16 heavy (non-hydrogen) atoms. The molecule has 4 heteroatoms. The van der Waals surface area contributed by atoms with Crippen molar-refractivity contribution in [3.63, 3.8) is 0 Å². The molecule has 0 amide bonds. The summed E-state index contributed by atoms with van der Waals surface area (Å²) < 4.78 is 0. The molecule has 0 aromatic carbocycles. The lowest BCUT2D eigenvalue weighted by Gasteiger charge is -2.16. The van der Waals surface area contributed by atoms with Crippen molar-refractivity contribution in [2.24, 2.45) is 0 Å². The number of nitrogens with zero attached hydrogens (tertiary/aromatic N) is 2. The number of hydrogen-bond acceptors (Lipinski definition) is 4. The van der Waals surface area contributed by atoms with Gasteiger partial charge in [-0.1, -0.05) is 20.8 Å². The van der Waals surface area contributed by atoms with E-state index in [9.17, 15) is 4.79 Å². The van der Waals surface area contributed by atoms with Crippen molar-refractivity contribution in [3.05, 3.63) is 15.6 Å².